The molecule has 0 aliphatic rings. The topological polar surface area (TPSA) is 88.6 Å². The SMILES string of the molecule is COc1ccc(CCNCC(O)COc2ccc(-c3nc(Br)c(C)[nH]3)cc2)cc1OC.Cl.Cl. The molecule has 3 rings (SSSR count). The lowest BCUT2D eigenvalue weighted by molar-refractivity contribution is 0.106. The summed E-state index contributed by atoms with van der Waals surface area (Å²) in [7, 11) is 3.25. The van der Waals surface area contributed by atoms with E-state index in [9.17, 15) is 5.11 Å². The Morgan fingerprint density at radius 3 is 2.36 bits per heavy atom. The first-order valence-electron chi connectivity index (χ1n) is 10.0. The van der Waals surface area contributed by atoms with Crippen LogP contribution < -0.4 is 19.5 Å². The van der Waals surface area contributed by atoms with E-state index in [0.717, 1.165) is 40.2 Å². The van der Waals surface area contributed by atoms with Gasteiger partial charge in [0.05, 0.1) is 14.2 Å². The van der Waals surface area contributed by atoms with Crippen molar-refractivity contribution in [3.05, 3.63) is 58.3 Å². The third kappa shape index (κ3) is 8.39. The molecular weight excluding hydrogens is 533 g/mol. The zero-order valence-corrected chi connectivity index (χ0v) is 22.0. The molecule has 1 aromatic heterocycles. The number of hydrogen-bond donors (Lipinski definition) is 3. The normalized spacial score (nSPS) is 11.2. The number of aliphatic hydroxyl groups excluding tert-OH is 1. The molecule has 0 spiro atoms. The Morgan fingerprint density at radius 2 is 1.76 bits per heavy atom. The number of methoxy groups -OCH3 is 2. The van der Waals surface area contributed by atoms with Crippen molar-refractivity contribution >= 4 is 40.7 Å². The monoisotopic (exact) mass is 561 g/mol. The summed E-state index contributed by atoms with van der Waals surface area (Å²) in [6.45, 7) is 3.36. The van der Waals surface area contributed by atoms with Crippen LogP contribution in [0.5, 0.6) is 17.2 Å². The molecule has 2 aromatic carbocycles. The molecule has 0 saturated heterocycles. The minimum Gasteiger partial charge on any atom is -0.493 e. The number of ether oxygens (including phenoxy) is 3. The van der Waals surface area contributed by atoms with Gasteiger partial charge in [-0.15, -0.1) is 24.8 Å². The third-order valence-electron chi connectivity index (χ3n) is 4.81. The Morgan fingerprint density at radius 1 is 1.06 bits per heavy atom. The summed E-state index contributed by atoms with van der Waals surface area (Å²) < 4.78 is 17.1. The van der Waals surface area contributed by atoms with Crippen LogP contribution in [0.3, 0.4) is 0 Å². The molecule has 1 atom stereocenters. The number of benzene rings is 2. The van der Waals surface area contributed by atoms with Gasteiger partial charge in [0.2, 0.25) is 0 Å². The molecule has 0 fully saturated rings. The van der Waals surface area contributed by atoms with E-state index in [1.54, 1.807) is 14.2 Å². The number of H-pyrrole nitrogens is 1. The van der Waals surface area contributed by atoms with E-state index in [0.29, 0.717) is 23.8 Å². The van der Waals surface area contributed by atoms with E-state index in [1.807, 2.05) is 49.4 Å². The number of halogens is 3. The number of aliphatic hydroxyl groups is 1. The summed E-state index contributed by atoms with van der Waals surface area (Å²) in [5, 5.41) is 13.4. The zero-order chi connectivity index (χ0) is 22.2. The molecule has 1 unspecified atom stereocenters. The second kappa shape index (κ2) is 14.3. The maximum absolute atomic E-state index is 10.2. The first kappa shape index (κ1) is 29.1. The highest BCUT2D eigenvalue weighted by atomic mass is 79.9. The quantitative estimate of drug-likeness (QED) is 0.296. The molecule has 0 amide bonds. The second-order valence-corrected chi connectivity index (χ2v) is 7.89. The fourth-order valence-electron chi connectivity index (χ4n) is 3.07. The molecule has 33 heavy (non-hydrogen) atoms. The molecular formula is C23H30BrCl2N3O4. The van der Waals surface area contributed by atoms with Crippen molar-refractivity contribution in [1.29, 1.82) is 0 Å². The van der Waals surface area contributed by atoms with Crippen LogP contribution in [-0.2, 0) is 6.42 Å². The van der Waals surface area contributed by atoms with E-state index in [2.05, 4.69) is 31.2 Å². The minimum atomic E-state index is -0.603. The molecule has 0 saturated carbocycles. The number of aromatic amines is 1. The average Bonchev–Trinajstić information content (AvgIpc) is 3.13. The third-order valence-corrected chi connectivity index (χ3v) is 5.59. The Bertz CT molecular complexity index is 967. The van der Waals surface area contributed by atoms with E-state index in [1.165, 1.54) is 0 Å². The largest absolute Gasteiger partial charge is 0.493 e. The summed E-state index contributed by atoms with van der Waals surface area (Å²) in [6.07, 6.45) is 0.214. The smallest absolute Gasteiger partial charge is 0.160 e. The standard InChI is InChI=1S/C23H28BrN3O4.2ClH/c1-15-22(24)27-23(26-15)17-5-7-19(8-6-17)31-14-18(28)13-25-11-10-16-4-9-20(29-2)21(12-16)30-3;;/h4-9,12,18,25,28H,10-11,13-14H2,1-3H3,(H,26,27);2*1H. The van der Waals surface area contributed by atoms with E-state index in [4.69, 9.17) is 14.2 Å². The lowest BCUT2D eigenvalue weighted by atomic mass is 10.1. The Kier molecular flexibility index (Phi) is 12.6. The molecule has 3 N–H and O–H groups in total. The van der Waals surface area contributed by atoms with Crippen LogP contribution >= 0.6 is 40.7 Å². The van der Waals surface area contributed by atoms with Crippen LogP contribution in [0, 0.1) is 6.92 Å². The maximum Gasteiger partial charge on any atom is 0.160 e. The van der Waals surface area contributed by atoms with Gasteiger partial charge in [0.1, 0.15) is 28.9 Å². The molecule has 3 aromatic rings. The average molecular weight is 563 g/mol. The van der Waals surface area contributed by atoms with Crippen LogP contribution in [0.15, 0.2) is 47.1 Å². The van der Waals surface area contributed by atoms with Crippen molar-refractivity contribution in [2.45, 2.75) is 19.4 Å². The lowest BCUT2D eigenvalue weighted by Gasteiger charge is -2.14. The predicted octanol–water partition coefficient (Wildman–Crippen LogP) is 4.58. The first-order valence-corrected chi connectivity index (χ1v) is 10.8. The van der Waals surface area contributed by atoms with Crippen molar-refractivity contribution in [2.24, 2.45) is 0 Å². The molecule has 0 bridgehead atoms. The zero-order valence-electron chi connectivity index (χ0n) is 18.8. The highest BCUT2D eigenvalue weighted by Gasteiger charge is 2.09. The van der Waals surface area contributed by atoms with Gasteiger partial charge in [0.15, 0.2) is 11.5 Å². The second-order valence-electron chi connectivity index (χ2n) is 7.13. The first-order chi connectivity index (χ1) is 15.0. The number of nitrogens with zero attached hydrogens (tertiary/aromatic N) is 1. The summed E-state index contributed by atoms with van der Waals surface area (Å²) in [5.74, 6) is 2.94. The van der Waals surface area contributed by atoms with E-state index >= 15 is 0 Å². The lowest BCUT2D eigenvalue weighted by Crippen LogP contribution is -2.32. The summed E-state index contributed by atoms with van der Waals surface area (Å²) in [6, 6.07) is 13.5. The highest BCUT2D eigenvalue weighted by molar-refractivity contribution is 9.10. The summed E-state index contributed by atoms with van der Waals surface area (Å²) in [4.78, 5) is 7.65. The van der Waals surface area contributed by atoms with Crippen molar-refractivity contribution in [3.8, 4) is 28.6 Å². The number of hydrogen-bond acceptors (Lipinski definition) is 6. The van der Waals surface area contributed by atoms with Gasteiger partial charge in [-0.05, 0) is 77.8 Å². The molecule has 1 heterocycles. The van der Waals surface area contributed by atoms with Gasteiger partial charge in [0, 0.05) is 17.8 Å². The van der Waals surface area contributed by atoms with Gasteiger partial charge in [-0.3, -0.25) is 0 Å². The summed E-state index contributed by atoms with van der Waals surface area (Å²) >= 11 is 3.41. The molecule has 0 aliphatic heterocycles. The number of rotatable bonds is 11. The number of aromatic nitrogens is 2. The van der Waals surface area contributed by atoms with Crippen molar-refractivity contribution < 1.29 is 19.3 Å². The number of imidazole rings is 1. The number of aryl methyl sites for hydroxylation is 1. The van der Waals surface area contributed by atoms with Gasteiger partial charge in [-0.2, -0.15) is 0 Å². The van der Waals surface area contributed by atoms with E-state index in [-0.39, 0.29) is 31.4 Å². The van der Waals surface area contributed by atoms with Crippen molar-refractivity contribution in [3.63, 3.8) is 0 Å². The molecule has 0 aliphatic carbocycles. The van der Waals surface area contributed by atoms with Gasteiger partial charge in [-0.1, -0.05) is 6.07 Å². The fraction of sp³-hybridized carbons (Fsp3) is 0.348. The highest BCUT2D eigenvalue weighted by Crippen LogP contribution is 2.27. The van der Waals surface area contributed by atoms with Gasteiger partial charge >= 0.3 is 0 Å². The van der Waals surface area contributed by atoms with Crippen LogP contribution in [-0.4, -0.2) is 55.1 Å². The molecule has 10 heteroatoms. The van der Waals surface area contributed by atoms with Gasteiger partial charge in [-0.25, -0.2) is 4.98 Å². The van der Waals surface area contributed by atoms with Gasteiger partial charge in [0.25, 0.3) is 0 Å². The Hall–Kier alpha value is -1.97. The predicted molar refractivity (Wildman–Crippen MR) is 139 cm³/mol. The van der Waals surface area contributed by atoms with Crippen LogP contribution in [0.4, 0.5) is 0 Å². The van der Waals surface area contributed by atoms with Crippen molar-refractivity contribution in [2.75, 3.05) is 33.9 Å². The summed E-state index contributed by atoms with van der Waals surface area (Å²) in [5.41, 5.74) is 3.09. The Labute approximate surface area is 215 Å². The molecule has 0 radical (unpaired) electrons. The molecule has 7 nitrogen and oxygen atoms in total. The van der Waals surface area contributed by atoms with E-state index < -0.39 is 6.10 Å². The van der Waals surface area contributed by atoms with Crippen molar-refractivity contribution in [1.82, 2.24) is 15.3 Å². The Balaban J connectivity index is 0.00000272. The maximum atomic E-state index is 10.2. The van der Waals surface area contributed by atoms with Crippen LogP contribution in [0.25, 0.3) is 11.4 Å². The van der Waals surface area contributed by atoms with Gasteiger partial charge < -0.3 is 29.6 Å². The molecule has 182 valence electrons. The van der Waals surface area contributed by atoms with Crippen LogP contribution in [0.2, 0.25) is 0 Å². The van der Waals surface area contributed by atoms with Crippen LogP contribution in [0.1, 0.15) is 11.3 Å². The number of nitrogens with one attached hydrogen (secondary N) is 2. The fourth-order valence-corrected chi connectivity index (χ4v) is 3.35. The minimum absolute atomic E-state index is 0.